The molecule has 1 heterocycles. The Morgan fingerprint density at radius 1 is 1.25 bits per heavy atom. The zero-order valence-corrected chi connectivity index (χ0v) is 13.4. The Bertz CT molecular complexity index is 903. The second kappa shape index (κ2) is 6.17. The predicted molar refractivity (Wildman–Crippen MR) is 89.3 cm³/mol. The van der Waals surface area contributed by atoms with E-state index < -0.39 is 17.8 Å². The minimum Gasteiger partial charge on any atom is -0.466 e. The molecule has 120 valence electrons. The summed E-state index contributed by atoms with van der Waals surface area (Å²) >= 11 is 0. The lowest BCUT2D eigenvalue weighted by Crippen LogP contribution is -2.33. The van der Waals surface area contributed by atoms with Crippen molar-refractivity contribution in [2.75, 3.05) is 7.11 Å². The molecule has 0 aromatic heterocycles. The van der Waals surface area contributed by atoms with Gasteiger partial charge in [0, 0.05) is 5.92 Å². The van der Waals surface area contributed by atoms with E-state index >= 15 is 0 Å². The number of methoxy groups -OCH3 is 1. The highest BCUT2D eigenvalue weighted by Crippen LogP contribution is 2.41. The van der Waals surface area contributed by atoms with Gasteiger partial charge in [0.1, 0.15) is 11.7 Å². The van der Waals surface area contributed by atoms with E-state index in [1.54, 1.807) is 6.92 Å². The number of fused-ring (bicyclic) bond motifs is 1. The van der Waals surface area contributed by atoms with Crippen molar-refractivity contribution in [2.24, 2.45) is 5.92 Å². The molecule has 2 aromatic carbocycles. The zero-order valence-electron chi connectivity index (χ0n) is 13.4. The van der Waals surface area contributed by atoms with Gasteiger partial charge in [-0.2, -0.15) is 5.26 Å². The summed E-state index contributed by atoms with van der Waals surface area (Å²) in [6, 6.07) is 15.6. The first kappa shape index (κ1) is 15.8. The molecule has 0 bridgehead atoms. The second-order valence-electron chi connectivity index (χ2n) is 5.58. The van der Waals surface area contributed by atoms with Crippen LogP contribution in [0.4, 0.5) is 0 Å². The Balaban J connectivity index is 2.30. The molecule has 5 heteroatoms. The van der Waals surface area contributed by atoms with E-state index in [2.05, 4.69) is 6.07 Å². The maximum atomic E-state index is 12.3. The van der Waals surface area contributed by atoms with Crippen LogP contribution in [-0.2, 0) is 14.3 Å². The van der Waals surface area contributed by atoms with Crippen molar-refractivity contribution in [3.63, 3.8) is 0 Å². The molecule has 0 amide bonds. The quantitative estimate of drug-likeness (QED) is 0.858. The molecule has 0 saturated heterocycles. The lowest BCUT2D eigenvalue weighted by Gasteiger charge is -2.31. The Kier molecular flexibility index (Phi) is 4.05. The molecule has 0 saturated carbocycles. The number of hydrogen-bond donors (Lipinski definition) is 1. The maximum Gasteiger partial charge on any atom is 0.337 e. The highest BCUT2D eigenvalue weighted by Gasteiger charge is 2.41. The fourth-order valence-corrected chi connectivity index (χ4v) is 3.19. The van der Waals surface area contributed by atoms with Crippen LogP contribution in [-0.4, -0.2) is 19.0 Å². The van der Waals surface area contributed by atoms with Crippen LogP contribution >= 0.6 is 0 Å². The van der Waals surface area contributed by atoms with Crippen LogP contribution in [0.3, 0.4) is 0 Å². The molecule has 5 nitrogen and oxygen atoms in total. The lowest BCUT2D eigenvalue weighted by molar-refractivity contribution is -0.136. The number of benzene rings is 2. The van der Waals surface area contributed by atoms with Crippen LogP contribution in [0.5, 0.6) is 0 Å². The highest BCUT2D eigenvalue weighted by atomic mass is 16.5. The number of nitriles is 1. The normalized spacial score (nSPS) is 20.5. The van der Waals surface area contributed by atoms with E-state index in [9.17, 15) is 10.1 Å². The fraction of sp³-hybridized carbons (Fsp3) is 0.211. The molecule has 2 unspecified atom stereocenters. The minimum absolute atomic E-state index is 0.152. The number of esters is 1. The van der Waals surface area contributed by atoms with Crippen molar-refractivity contribution in [2.45, 2.75) is 12.8 Å². The van der Waals surface area contributed by atoms with E-state index in [4.69, 9.17) is 14.9 Å². The number of allylic oxidation sites excluding steroid dienone is 1. The van der Waals surface area contributed by atoms with Gasteiger partial charge in [0.15, 0.2) is 0 Å². The molecule has 3 rings (SSSR count). The van der Waals surface area contributed by atoms with Gasteiger partial charge in [-0.25, -0.2) is 4.79 Å². The van der Waals surface area contributed by atoms with Crippen molar-refractivity contribution in [1.29, 1.82) is 10.7 Å². The van der Waals surface area contributed by atoms with Crippen LogP contribution in [0.15, 0.2) is 53.8 Å². The summed E-state index contributed by atoms with van der Waals surface area (Å²) in [5.74, 6) is -1.88. The maximum absolute atomic E-state index is 12.3. The molecule has 2 atom stereocenters. The standard InChI is InChI=1S/C19H16N2O3/c1-11-16(19(22)23-2)17(15(10-20)18(21)24-11)14-9-5-7-12-6-3-4-8-13(12)14/h3-9,15,17,21H,1-2H3. The van der Waals surface area contributed by atoms with Gasteiger partial charge in [-0.15, -0.1) is 0 Å². The van der Waals surface area contributed by atoms with Gasteiger partial charge in [0.25, 0.3) is 0 Å². The third kappa shape index (κ3) is 2.42. The van der Waals surface area contributed by atoms with Gasteiger partial charge in [-0.3, -0.25) is 5.41 Å². The molecular formula is C19H16N2O3. The molecule has 1 aliphatic rings. The molecule has 24 heavy (non-hydrogen) atoms. The van der Waals surface area contributed by atoms with Gasteiger partial charge in [0.05, 0.1) is 18.8 Å². The fourth-order valence-electron chi connectivity index (χ4n) is 3.19. The number of nitrogens with zero attached hydrogens (tertiary/aromatic N) is 1. The molecule has 1 N–H and O–H groups in total. The molecule has 2 aromatic rings. The van der Waals surface area contributed by atoms with Gasteiger partial charge < -0.3 is 9.47 Å². The van der Waals surface area contributed by atoms with Gasteiger partial charge in [0.2, 0.25) is 5.90 Å². The Morgan fingerprint density at radius 3 is 2.67 bits per heavy atom. The van der Waals surface area contributed by atoms with E-state index in [0.29, 0.717) is 5.76 Å². The number of ether oxygens (including phenoxy) is 2. The largest absolute Gasteiger partial charge is 0.466 e. The summed E-state index contributed by atoms with van der Waals surface area (Å²) in [5.41, 5.74) is 1.10. The smallest absolute Gasteiger partial charge is 0.337 e. The number of rotatable bonds is 2. The Morgan fingerprint density at radius 2 is 1.96 bits per heavy atom. The summed E-state index contributed by atoms with van der Waals surface area (Å²) in [6.07, 6.45) is 0. The van der Waals surface area contributed by atoms with Crippen molar-refractivity contribution in [3.05, 3.63) is 59.4 Å². The average Bonchev–Trinajstić information content (AvgIpc) is 2.60. The Hall–Kier alpha value is -3.13. The third-order valence-electron chi connectivity index (χ3n) is 4.27. The molecular weight excluding hydrogens is 304 g/mol. The molecule has 0 fully saturated rings. The first-order valence-corrected chi connectivity index (χ1v) is 7.51. The summed E-state index contributed by atoms with van der Waals surface area (Å²) in [7, 11) is 1.30. The summed E-state index contributed by atoms with van der Waals surface area (Å²) in [6.45, 7) is 1.62. The van der Waals surface area contributed by atoms with Gasteiger partial charge in [-0.1, -0.05) is 42.5 Å². The van der Waals surface area contributed by atoms with Crippen LogP contribution in [0, 0.1) is 22.7 Å². The second-order valence-corrected chi connectivity index (χ2v) is 5.58. The van der Waals surface area contributed by atoms with Crippen LogP contribution in [0.2, 0.25) is 0 Å². The SMILES string of the molecule is COC(=O)C1=C(C)OC(=N)C(C#N)C1c1cccc2ccccc12. The number of carbonyl (C=O) groups is 1. The van der Waals surface area contributed by atoms with Crippen LogP contribution in [0.1, 0.15) is 18.4 Å². The number of nitrogens with one attached hydrogen (secondary N) is 1. The first-order valence-electron chi connectivity index (χ1n) is 7.51. The van der Waals surface area contributed by atoms with E-state index in [1.807, 2.05) is 42.5 Å². The summed E-state index contributed by atoms with van der Waals surface area (Å²) < 4.78 is 10.2. The topological polar surface area (TPSA) is 83.2 Å². The Labute approximate surface area is 139 Å². The van der Waals surface area contributed by atoms with E-state index in [1.165, 1.54) is 7.11 Å². The summed E-state index contributed by atoms with van der Waals surface area (Å²) in [5, 5.41) is 19.5. The molecule has 1 aliphatic heterocycles. The van der Waals surface area contributed by atoms with Crippen molar-refractivity contribution in [1.82, 2.24) is 0 Å². The number of carbonyl (C=O) groups excluding carboxylic acids is 1. The van der Waals surface area contributed by atoms with Gasteiger partial charge in [-0.05, 0) is 23.3 Å². The monoisotopic (exact) mass is 320 g/mol. The summed E-state index contributed by atoms with van der Waals surface area (Å²) in [4.78, 5) is 12.3. The van der Waals surface area contributed by atoms with Crippen molar-refractivity contribution >= 4 is 22.6 Å². The average molecular weight is 320 g/mol. The first-order chi connectivity index (χ1) is 11.6. The van der Waals surface area contributed by atoms with Gasteiger partial charge >= 0.3 is 5.97 Å². The van der Waals surface area contributed by atoms with Crippen molar-refractivity contribution in [3.8, 4) is 6.07 Å². The van der Waals surface area contributed by atoms with E-state index in [0.717, 1.165) is 16.3 Å². The molecule has 0 aliphatic carbocycles. The van der Waals surface area contributed by atoms with E-state index in [-0.39, 0.29) is 11.5 Å². The predicted octanol–water partition coefficient (Wildman–Crippen LogP) is 3.52. The van der Waals surface area contributed by atoms with Crippen LogP contribution < -0.4 is 0 Å². The minimum atomic E-state index is -0.881. The zero-order chi connectivity index (χ0) is 17.3. The van der Waals surface area contributed by atoms with Crippen LogP contribution in [0.25, 0.3) is 10.8 Å². The molecule has 0 radical (unpaired) electrons. The number of hydrogen-bond acceptors (Lipinski definition) is 5. The van der Waals surface area contributed by atoms with Crippen molar-refractivity contribution < 1.29 is 14.3 Å². The highest BCUT2D eigenvalue weighted by molar-refractivity contribution is 5.98. The third-order valence-corrected chi connectivity index (χ3v) is 4.27. The lowest BCUT2D eigenvalue weighted by atomic mass is 9.77. The molecule has 0 spiro atoms.